The summed E-state index contributed by atoms with van der Waals surface area (Å²) >= 11 is 7.37. The molecule has 37 heavy (non-hydrogen) atoms. The van der Waals surface area contributed by atoms with Crippen molar-refractivity contribution >= 4 is 35.2 Å². The van der Waals surface area contributed by atoms with Crippen molar-refractivity contribution in [3.63, 3.8) is 0 Å². The Labute approximate surface area is 226 Å². The topological polar surface area (TPSA) is 49.4 Å². The first-order valence-corrected chi connectivity index (χ1v) is 13.8. The lowest BCUT2D eigenvalue weighted by Crippen LogP contribution is -2.51. The molecule has 0 unspecified atom stereocenters. The van der Waals surface area contributed by atoms with Crippen LogP contribution in [0.5, 0.6) is 0 Å². The maximum Gasteiger partial charge on any atom is 0.243 e. The summed E-state index contributed by atoms with van der Waals surface area (Å²) < 4.78 is 27.7. The fourth-order valence-electron chi connectivity index (χ4n) is 3.84. The molecule has 3 aromatic rings. The highest BCUT2D eigenvalue weighted by Crippen LogP contribution is 2.25. The first-order valence-electron chi connectivity index (χ1n) is 12.2. The van der Waals surface area contributed by atoms with Crippen LogP contribution in [0, 0.1) is 11.6 Å². The highest BCUT2D eigenvalue weighted by atomic mass is 35.5. The lowest BCUT2D eigenvalue weighted by atomic mass is 10.0. The van der Waals surface area contributed by atoms with E-state index in [0.717, 1.165) is 18.4 Å². The predicted octanol–water partition coefficient (Wildman–Crippen LogP) is 6.41. The SMILES string of the molecule is CCCCNC(=O)[C@@H](Cc1ccccc1)N(Cc1ccc(F)cc1)C(=O)CSCc1c(F)cccc1Cl. The quantitative estimate of drug-likeness (QED) is 0.253. The van der Waals surface area contributed by atoms with E-state index in [1.165, 1.54) is 40.9 Å². The lowest BCUT2D eigenvalue weighted by molar-refractivity contribution is -0.139. The van der Waals surface area contributed by atoms with Crippen molar-refractivity contribution in [3.05, 3.63) is 106 Å². The number of thioether (sulfide) groups is 1. The summed E-state index contributed by atoms with van der Waals surface area (Å²) in [6, 6.07) is 19.1. The molecule has 2 amide bonds. The summed E-state index contributed by atoms with van der Waals surface area (Å²) in [6.07, 6.45) is 2.08. The van der Waals surface area contributed by atoms with Gasteiger partial charge in [0.25, 0.3) is 0 Å². The van der Waals surface area contributed by atoms with Gasteiger partial charge in [0.2, 0.25) is 11.8 Å². The second-order valence-corrected chi connectivity index (χ2v) is 10.1. The van der Waals surface area contributed by atoms with Crippen LogP contribution in [0.1, 0.15) is 36.5 Å². The zero-order chi connectivity index (χ0) is 26.6. The molecule has 0 aliphatic rings. The van der Waals surface area contributed by atoms with Gasteiger partial charge in [-0.2, -0.15) is 0 Å². The average Bonchev–Trinajstić information content (AvgIpc) is 2.89. The Morgan fingerprint density at radius 1 is 0.973 bits per heavy atom. The molecule has 0 fully saturated rings. The standard InChI is InChI=1S/C29H31ClF2N2O2S/c1-2-3-16-33-29(36)27(17-21-8-5-4-6-9-21)34(18-22-12-14-23(31)15-13-22)28(35)20-37-19-24-25(30)10-7-11-26(24)32/h4-15,27H,2-3,16-20H2,1H3,(H,33,36)/t27-/m1/s1. The van der Waals surface area contributed by atoms with Gasteiger partial charge in [0, 0.05) is 35.8 Å². The van der Waals surface area contributed by atoms with Crippen LogP contribution in [0.15, 0.2) is 72.8 Å². The fraction of sp³-hybridized carbons (Fsp3) is 0.310. The monoisotopic (exact) mass is 544 g/mol. The third-order valence-corrected chi connectivity index (χ3v) is 7.20. The number of benzene rings is 3. The molecule has 0 bridgehead atoms. The van der Waals surface area contributed by atoms with E-state index in [4.69, 9.17) is 11.6 Å². The number of hydrogen-bond acceptors (Lipinski definition) is 3. The van der Waals surface area contributed by atoms with E-state index in [0.29, 0.717) is 29.1 Å². The van der Waals surface area contributed by atoms with Gasteiger partial charge in [-0.15, -0.1) is 11.8 Å². The minimum absolute atomic E-state index is 0.0272. The van der Waals surface area contributed by atoms with E-state index in [1.54, 1.807) is 18.2 Å². The largest absolute Gasteiger partial charge is 0.354 e. The maximum atomic E-state index is 14.2. The molecule has 8 heteroatoms. The molecule has 0 aromatic heterocycles. The van der Waals surface area contributed by atoms with Crippen LogP contribution in [0.4, 0.5) is 8.78 Å². The van der Waals surface area contributed by atoms with Crippen LogP contribution in [0.3, 0.4) is 0 Å². The Bertz CT molecular complexity index is 1140. The van der Waals surface area contributed by atoms with Crippen LogP contribution < -0.4 is 5.32 Å². The fourth-order valence-corrected chi connectivity index (χ4v) is 5.09. The zero-order valence-corrected chi connectivity index (χ0v) is 22.3. The number of carbonyl (C=O) groups excluding carboxylic acids is 2. The van der Waals surface area contributed by atoms with Crippen molar-refractivity contribution in [2.45, 2.75) is 44.5 Å². The highest BCUT2D eigenvalue weighted by Gasteiger charge is 2.30. The maximum absolute atomic E-state index is 14.2. The summed E-state index contributed by atoms with van der Waals surface area (Å²) in [4.78, 5) is 28.5. The summed E-state index contributed by atoms with van der Waals surface area (Å²) in [7, 11) is 0. The number of unbranched alkanes of at least 4 members (excludes halogenated alkanes) is 1. The number of carbonyl (C=O) groups is 2. The summed E-state index contributed by atoms with van der Waals surface area (Å²) in [5.41, 5.74) is 1.96. The first-order chi connectivity index (χ1) is 17.9. The molecule has 0 aliphatic heterocycles. The van der Waals surface area contributed by atoms with Gasteiger partial charge < -0.3 is 10.2 Å². The Morgan fingerprint density at radius 2 is 1.70 bits per heavy atom. The van der Waals surface area contributed by atoms with Crippen molar-refractivity contribution in [3.8, 4) is 0 Å². The number of amides is 2. The summed E-state index contributed by atoms with van der Waals surface area (Å²) in [5.74, 6) is -1.07. The molecular weight excluding hydrogens is 514 g/mol. The van der Waals surface area contributed by atoms with Crippen molar-refractivity contribution in [1.29, 1.82) is 0 Å². The summed E-state index contributed by atoms with van der Waals surface area (Å²) in [5, 5.41) is 3.27. The van der Waals surface area contributed by atoms with Crippen LogP contribution in [0.25, 0.3) is 0 Å². The van der Waals surface area contributed by atoms with Gasteiger partial charge in [-0.1, -0.05) is 73.5 Å². The molecular formula is C29H31ClF2N2O2S. The van der Waals surface area contributed by atoms with Crippen LogP contribution in [-0.4, -0.2) is 35.1 Å². The van der Waals surface area contributed by atoms with Gasteiger partial charge in [-0.3, -0.25) is 9.59 Å². The van der Waals surface area contributed by atoms with Crippen molar-refractivity contribution in [2.24, 2.45) is 0 Å². The minimum atomic E-state index is -0.769. The lowest BCUT2D eigenvalue weighted by Gasteiger charge is -2.31. The Hall–Kier alpha value is -2.90. The molecule has 0 radical (unpaired) electrons. The first kappa shape index (κ1) is 28.7. The smallest absolute Gasteiger partial charge is 0.243 e. The number of hydrogen-bond donors (Lipinski definition) is 1. The van der Waals surface area contributed by atoms with Gasteiger partial charge in [-0.25, -0.2) is 8.78 Å². The van der Waals surface area contributed by atoms with Crippen molar-refractivity contribution in [1.82, 2.24) is 10.2 Å². The second-order valence-electron chi connectivity index (χ2n) is 8.69. The van der Waals surface area contributed by atoms with E-state index in [2.05, 4.69) is 5.32 Å². The van der Waals surface area contributed by atoms with E-state index in [-0.39, 0.29) is 35.7 Å². The Kier molecular flexibility index (Phi) is 11.4. The molecule has 1 atom stereocenters. The number of nitrogens with zero attached hydrogens (tertiary/aromatic N) is 1. The average molecular weight is 545 g/mol. The molecule has 4 nitrogen and oxygen atoms in total. The van der Waals surface area contributed by atoms with E-state index in [9.17, 15) is 18.4 Å². The normalized spacial score (nSPS) is 11.7. The molecule has 0 saturated carbocycles. The minimum Gasteiger partial charge on any atom is -0.354 e. The summed E-state index contributed by atoms with van der Waals surface area (Å²) in [6.45, 7) is 2.69. The number of nitrogens with one attached hydrogen (secondary N) is 1. The zero-order valence-electron chi connectivity index (χ0n) is 20.8. The molecule has 3 rings (SSSR count). The van der Waals surface area contributed by atoms with Gasteiger partial charge in [0.1, 0.15) is 17.7 Å². The Balaban J connectivity index is 1.84. The molecule has 0 saturated heterocycles. The van der Waals surface area contributed by atoms with Crippen LogP contribution in [0.2, 0.25) is 5.02 Å². The molecule has 196 valence electrons. The van der Waals surface area contributed by atoms with Crippen LogP contribution in [-0.2, 0) is 28.3 Å². The van der Waals surface area contributed by atoms with Crippen molar-refractivity contribution in [2.75, 3.05) is 12.3 Å². The number of halogens is 3. The molecule has 0 spiro atoms. The predicted molar refractivity (Wildman–Crippen MR) is 146 cm³/mol. The van der Waals surface area contributed by atoms with E-state index in [1.807, 2.05) is 37.3 Å². The molecule has 3 aromatic carbocycles. The van der Waals surface area contributed by atoms with E-state index < -0.39 is 11.9 Å². The molecule has 0 aliphatic carbocycles. The molecule has 1 N–H and O–H groups in total. The van der Waals surface area contributed by atoms with Crippen molar-refractivity contribution < 1.29 is 18.4 Å². The van der Waals surface area contributed by atoms with E-state index >= 15 is 0 Å². The molecule has 0 heterocycles. The number of rotatable bonds is 13. The van der Waals surface area contributed by atoms with Crippen LogP contribution >= 0.6 is 23.4 Å². The van der Waals surface area contributed by atoms with Gasteiger partial charge in [0.15, 0.2) is 0 Å². The Morgan fingerprint density at radius 3 is 2.38 bits per heavy atom. The third-order valence-electron chi connectivity index (χ3n) is 5.90. The van der Waals surface area contributed by atoms with Gasteiger partial charge >= 0.3 is 0 Å². The second kappa shape index (κ2) is 14.7. The van der Waals surface area contributed by atoms with Gasteiger partial charge in [0.05, 0.1) is 5.75 Å². The highest BCUT2D eigenvalue weighted by molar-refractivity contribution is 7.99. The third kappa shape index (κ3) is 8.86. The van der Waals surface area contributed by atoms with Gasteiger partial charge in [-0.05, 0) is 41.8 Å².